The van der Waals surface area contributed by atoms with Crippen molar-refractivity contribution < 1.29 is 13.2 Å². The van der Waals surface area contributed by atoms with Gasteiger partial charge >= 0.3 is 6.18 Å². The van der Waals surface area contributed by atoms with Gasteiger partial charge < -0.3 is 11.1 Å². The molecule has 1 heterocycles. The Morgan fingerprint density at radius 2 is 2.13 bits per heavy atom. The smallest absolute Gasteiger partial charge is 0.329 e. The second-order valence-electron chi connectivity index (χ2n) is 3.85. The van der Waals surface area contributed by atoms with Crippen molar-refractivity contribution in [3.05, 3.63) is 0 Å². The zero-order valence-corrected chi connectivity index (χ0v) is 8.69. The molecule has 0 bridgehead atoms. The lowest BCUT2D eigenvalue weighted by atomic mass is 10.1. The molecule has 3 nitrogen and oxygen atoms in total. The highest BCUT2D eigenvalue weighted by molar-refractivity contribution is 4.80. The average Bonchev–Trinajstić information content (AvgIpc) is 2.16. The second-order valence-corrected chi connectivity index (χ2v) is 3.85. The Kier molecular flexibility index (Phi) is 4.82. The highest BCUT2D eigenvalue weighted by atomic mass is 19.4. The van der Waals surface area contributed by atoms with Crippen molar-refractivity contribution in [2.45, 2.75) is 25.1 Å². The third kappa shape index (κ3) is 4.81. The minimum atomic E-state index is -4.04. The van der Waals surface area contributed by atoms with Crippen LogP contribution < -0.4 is 11.1 Å². The van der Waals surface area contributed by atoms with Crippen LogP contribution in [0.1, 0.15) is 12.8 Å². The van der Waals surface area contributed by atoms with Gasteiger partial charge in [0.2, 0.25) is 0 Å². The fourth-order valence-electron chi connectivity index (χ4n) is 1.81. The topological polar surface area (TPSA) is 41.3 Å². The van der Waals surface area contributed by atoms with Crippen LogP contribution in [-0.2, 0) is 0 Å². The number of halogens is 3. The summed E-state index contributed by atoms with van der Waals surface area (Å²) in [5.41, 5.74) is 5.55. The van der Waals surface area contributed by atoms with Crippen LogP contribution in [0.2, 0.25) is 0 Å². The summed E-state index contributed by atoms with van der Waals surface area (Å²) in [4.78, 5) is 2.04. The van der Waals surface area contributed by atoms with Crippen LogP contribution in [0.25, 0.3) is 0 Å². The van der Waals surface area contributed by atoms with Gasteiger partial charge in [-0.2, -0.15) is 13.2 Å². The standard InChI is InChI=1S/C9H18F3N3/c10-9(11,12)2-1-4-15-5-3-14-7-8(15)6-13/h8,14H,1-7,13H2. The molecule has 0 aromatic rings. The van der Waals surface area contributed by atoms with E-state index in [-0.39, 0.29) is 12.5 Å². The third-order valence-corrected chi connectivity index (χ3v) is 2.65. The molecule has 0 saturated carbocycles. The Balaban J connectivity index is 2.23. The average molecular weight is 225 g/mol. The van der Waals surface area contributed by atoms with Gasteiger partial charge in [0, 0.05) is 38.6 Å². The van der Waals surface area contributed by atoms with Crippen molar-refractivity contribution in [3.8, 4) is 0 Å². The van der Waals surface area contributed by atoms with E-state index in [0.29, 0.717) is 13.1 Å². The van der Waals surface area contributed by atoms with Crippen LogP contribution in [0.3, 0.4) is 0 Å². The molecule has 0 amide bonds. The first kappa shape index (κ1) is 12.7. The van der Waals surface area contributed by atoms with Crippen LogP contribution in [0.4, 0.5) is 13.2 Å². The lowest BCUT2D eigenvalue weighted by molar-refractivity contribution is -0.136. The normalized spacial score (nSPS) is 24.4. The van der Waals surface area contributed by atoms with E-state index < -0.39 is 12.6 Å². The number of piperazine rings is 1. The largest absolute Gasteiger partial charge is 0.389 e. The zero-order chi connectivity index (χ0) is 11.3. The quantitative estimate of drug-likeness (QED) is 0.734. The van der Waals surface area contributed by atoms with E-state index in [0.717, 1.165) is 19.6 Å². The maximum absolute atomic E-state index is 11.9. The van der Waals surface area contributed by atoms with Crippen molar-refractivity contribution in [1.82, 2.24) is 10.2 Å². The summed E-state index contributed by atoms with van der Waals surface area (Å²) in [6, 6.07) is 0.187. The fourth-order valence-corrected chi connectivity index (χ4v) is 1.81. The predicted octanol–water partition coefficient (Wildman–Crippen LogP) is 0.561. The van der Waals surface area contributed by atoms with Gasteiger partial charge in [0.25, 0.3) is 0 Å². The highest BCUT2D eigenvalue weighted by Crippen LogP contribution is 2.21. The van der Waals surface area contributed by atoms with Crippen LogP contribution in [0, 0.1) is 0 Å². The summed E-state index contributed by atoms with van der Waals surface area (Å²) in [5, 5.41) is 3.18. The molecule has 1 atom stereocenters. The highest BCUT2D eigenvalue weighted by Gasteiger charge is 2.27. The van der Waals surface area contributed by atoms with Gasteiger partial charge in [0.1, 0.15) is 0 Å². The van der Waals surface area contributed by atoms with Gasteiger partial charge in [-0.05, 0) is 13.0 Å². The first-order chi connectivity index (χ1) is 7.03. The van der Waals surface area contributed by atoms with E-state index in [9.17, 15) is 13.2 Å². The van der Waals surface area contributed by atoms with Crippen molar-refractivity contribution in [2.24, 2.45) is 5.73 Å². The summed E-state index contributed by atoms with van der Waals surface area (Å²) in [6.07, 6.45) is -4.57. The molecule has 6 heteroatoms. The summed E-state index contributed by atoms with van der Waals surface area (Å²) in [7, 11) is 0. The molecule has 0 aliphatic carbocycles. The first-order valence-electron chi connectivity index (χ1n) is 5.24. The van der Waals surface area contributed by atoms with E-state index >= 15 is 0 Å². The van der Waals surface area contributed by atoms with Crippen LogP contribution in [0.5, 0.6) is 0 Å². The van der Waals surface area contributed by atoms with E-state index in [1.165, 1.54) is 0 Å². The predicted molar refractivity (Wildman–Crippen MR) is 52.6 cm³/mol. The first-order valence-corrected chi connectivity index (χ1v) is 5.24. The molecule has 1 rings (SSSR count). The number of nitrogens with zero attached hydrogens (tertiary/aromatic N) is 1. The Morgan fingerprint density at radius 3 is 2.73 bits per heavy atom. The number of alkyl halides is 3. The molecular weight excluding hydrogens is 207 g/mol. The number of nitrogens with one attached hydrogen (secondary N) is 1. The van der Waals surface area contributed by atoms with Gasteiger partial charge in [-0.15, -0.1) is 0 Å². The Morgan fingerprint density at radius 1 is 1.40 bits per heavy atom. The summed E-state index contributed by atoms with van der Waals surface area (Å²) >= 11 is 0. The molecule has 15 heavy (non-hydrogen) atoms. The van der Waals surface area contributed by atoms with Gasteiger partial charge in [0.05, 0.1) is 0 Å². The van der Waals surface area contributed by atoms with E-state index in [1.54, 1.807) is 0 Å². The summed E-state index contributed by atoms with van der Waals surface area (Å²) in [6.45, 7) is 3.40. The molecule has 0 aromatic heterocycles. The lowest BCUT2D eigenvalue weighted by Gasteiger charge is -2.35. The maximum atomic E-state index is 11.9. The van der Waals surface area contributed by atoms with Crippen LogP contribution >= 0.6 is 0 Å². The van der Waals surface area contributed by atoms with Crippen molar-refractivity contribution >= 4 is 0 Å². The summed E-state index contributed by atoms with van der Waals surface area (Å²) < 4.78 is 35.8. The van der Waals surface area contributed by atoms with Crippen molar-refractivity contribution in [2.75, 3.05) is 32.7 Å². The molecular formula is C9H18F3N3. The number of rotatable bonds is 4. The van der Waals surface area contributed by atoms with Gasteiger partial charge in [0.15, 0.2) is 0 Å². The Labute approximate surface area is 87.8 Å². The molecule has 0 aromatic carbocycles. The van der Waals surface area contributed by atoms with Gasteiger partial charge in [-0.3, -0.25) is 4.90 Å². The Hall–Kier alpha value is -0.330. The van der Waals surface area contributed by atoms with E-state index in [1.807, 2.05) is 4.90 Å². The Bertz CT molecular complexity index is 184. The monoisotopic (exact) mass is 225 g/mol. The van der Waals surface area contributed by atoms with Crippen LogP contribution in [0.15, 0.2) is 0 Å². The zero-order valence-electron chi connectivity index (χ0n) is 8.69. The SMILES string of the molecule is NCC1CNCCN1CCCC(F)(F)F. The fraction of sp³-hybridized carbons (Fsp3) is 1.00. The second kappa shape index (κ2) is 5.67. The van der Waals surface area contributed by atoms with E-state index in [4.69, 9.17) is 5.73 Å². The number of hydrogen-bond donors (Lipinski definition) is 2. The van der Waals surface area contributed by atoms with Crippen LogP contribution in [-0.4, -0.2) is 49.8 Å². The third-order valence-electron chi connectivity index (χ3n) is 2.65. The molecule has 0 radical (unpaired) electrons. The van der Waals surface area contributed by atoms with Crippen molar-refractivity contribution in [1.29, 1.82) is 0 Å². The molecule has 1 aliphatic rings. The summed E-state index contributed by atoms with van der Waals surface area (Å²) in [5.74, 6) is 0. The maximum Gasteiger partial charge on any atom is 0.389 e. The van der Waals surface area contributed by atoms with Gasteiger partial charge in [-0.1, -0.05) is 0 Å². The molecule has 1 saturated heterocycles. The van der Waals surface area contributed by atoms with Crippen molar-refractivity contribution in [3.63, 3.8) is 0 Å². The number of hydrogen-bond acceptors (Lipinski definition) is 3. The molecule has 1 unspecified atom stereocenters. The minimum absolute atomic E-state index is 0.167. The number of nitrogens with two attached hydrogens (primary N) is 1. The minimum Gasteiger partial charge on any atom is -0.329 e. The molecule has 3 N–H and O–H groups in total. The van der Waals surface area contributed by atoms with E-state index in [2.05, 4.69) is 5.32 Å². The molecule has 1 aliphatic heterocycles. The van der Waals surface area contributed by atoms with Gasteiger partial charge in [-0.25, -0.2) is 0 Å². The molecule has 1 fully saturated rings. The lowest BCUT2D eigenvalue weighted by Crippen LogP contribution is -2.54. The molecule has 90 valence electrons. The molecule has 0 spiro atoms.